The molecule has 0 spiro atoms. The van der Waals surface area contributed by atoms with Crippen LogP contribution in [0.25, 0.3) is 0 Å². The van der Waals surface area contributed by atoms with E-state index in [-0.39, 0.29) is 5.97 Å². The Kier molecular flexibility index (Phi) is 5.70. The summed E-state index contributed by atoms with van der Waals surface area (Å²) in [6.45, 7) is 2.16. The SMILES string of the molecule is CCOC(=O)c1cc(Br)ccc1Sc1ccc(OC)cc1. The molecule has 0 saturated carbocycles. The van der Waals surface area contributed by atoms with Crippen LogP contribution < -0.4 is 4.74 Å². The van der Waals surface area contributed by atoms with Gasteiger partial charge in [0.1, 0.15) is 5.75 Å². The molecular weight excluding hydrogens is 352 g/mol. The van der Waals surface area contributed by atoms with Gasteiger partial charge in [-0.1, -0.05) is 27.7 Å². The van der Waals surface area contributed by atoms with E-state index in [4.69, 9.17) is 9.47 Å². The summed E-state index contributed by atoms with van der Waals surface area (Å²) >= 11 is 4.91. The summed E-state index contributed by atoms with van der Waals surface area (Å²) < 4.78 is 11.1. The fourth-order valence-corrected chi connectivity index (χ4v) is 3.01. The first-order valence-electron chi connectivity index (χ1n) is 6.42. The van der Waals surface area contributed by atoms with Crippen molar-refractivity contribution in [1.82, 2.24) is 0 Å². The second-order valence-corrected chi connectivity index (χ2v) is 6.17. The van der Waals surface area contributed by atoms with Crippen LogP contribution >= 0.6 is 27.7 Å². The third-order valence-electron chi connectivity index (χ3n) is 2.72. The fourth-order valence-electron chi connectivity index (χ4n) is 1.73. The second-order valence-electron chi connectivity index (χ2n) is 4.14. The molecule has 110 valence electrons. The number of hydrogen-bond acceptors (Lipinski definition) is 4. The van der Waals surface area contributed by atoms with Crippen LogP contribution in [-0.2, 0) is 4.74 Å². The van der Waals surface area contributed by atoms with Gasteiger partial charge in [-0.15, -0.1) is 0 Å². The average molecular weight is 367 g/mol. The summed E-state index contributed by atoms with van der Waals surface area (Å²) in [6, 6.07) is 13.3. The van der Waals surface area contributed by atoms with Crippen LogP contribution in [-0.4, -0.2) is 19.7 Å². The number of ether oxygens (including phenoxy) is 2. The van der Waals surface area contributed by atoms with Crippen molar-refractivity contribution in [2.75, 3.05) is 13.7 Å². The van der Waals surface area contributed by atoms with E-state index in [1.165, 1.54) is 11.8 Å². The van der Waals surface area contributed by atoms with Crippen LogP contribution in [0.15, 0.2) is 56.7 Å². The summed E-state index contributed by atoms with van der Waals surface area (Å²) in [4.78, 5) is 13.9. The summed E-state index contributed by atoms with van der Waals surface area (Å²) in [6.07, 6.45) is 0. The maximum atomic E-state index is 12.0. The zero-order chi connectivity index (χ0) is 15.2. The molecule has 0 aliphatic carbocycles. The van der Waals surface area contributed by atoms with Crippen LogP contribution in [0.4, 0.5) is 0 Å². The molecule has 0 unspecified atom stereocenters. The molecule has 0 amide bonds. The Morgan fingerprint density at radius 3 is 2.52 bits per heavy atom. The van der Waals surface area contributed by atoms with Gasteiger partial charge in [0.2, 0.25) is 0 Å². The summed E-state index contributed by atoms with van der Waals surface area (Å²) in [5.41, 5.74) is 0.562. The molecule has 0 heterocycles. The van der Waals surface area contributed by atoms with E-state index in [1.807, 2.05) is 36.4 Å². The predicted octanol–water partition coefficient (Wildman–Crippen LogP) is 4.79. The smallest absolute Gasteiger partial charge is 0.339 e. The van der Waals surface area contributed by atoms with Crippen molar-refractivity contribution in [3.8, 4) is 5.75 Å². The number of esters is 1. The molecule has 0 aliphatic heterocycles. The van der Waals surface area contributed by atoms with Gasteiger partial charge < -0.3 is 9.47 Å². The third kappa shape index (κ3) is 4.25. The lowest BCUT2D eigenvalue weighted by Gasteiger charge is -2.09. The lowest BCUT2D eigenvalue weighted by atomic mass is 10.2. The largest absolute Gasteiger partial charge is 0.497 e. The van der Waals surface area contributed by atoms with Crippen LogP contribution in [0.5, 0.6) is 5.75 Å². The Morgan fingerprint density at radius 1 is 1.19 bits per heavy atom. The first kappa shape index (κ1) is 15.9. The molecule has 0 radical (unpaired) electrons. The van der Waals surface area contributed by atoms with Gasteiger partial charge in [-0.3, -0.25) is 0 Å². The maximum absolute atomic E-state index is 12.0. The van der Waals surface area contributed by atoms with Crippen LogP contribution in [0.1, 0.15) is 17.3 Å². The van der Waals surface area contributed by atoms with Crippen LogP contribution in [0, 0.1) is 0 Å². The topological polar surface area (TPSA) is 35.5 Å². The zero-order valence-electron chi connectivity index (χ0n) is 11.8. The van der Waals surface area contributed by atoms with E-state index in [0.29, 0.717) is 12.2 Å². The number of carbonyl (C=O) groups is 1. The lowest BCUT2D eigenvalue weighted by Crippen LogP contribution is -2.06. The Bertz CT molecular complexity index is 626. The molecule has 0 bridgehead atoms. The highest BCUT2D eigenvalue weighted by atomic mass is 79.9. The van der Waals surface area contributed by atoms with Gasteiger partial charge in [-0.2, -0.15) is 0 Å². The second kappa shape index (κ2) is 7.52. The number of hydrogen-bond donors (Lipinski definition) is 0. The van der Waals surface area contributed by atoms with Gasteiger partial charge in [0, 0.05) is 14.3 Å². The number of rotatable bonds is 5. The third-order valence-corrected chi connectivity index (χ3v) is 4.30. The van der Waals surface area contributed by atoms with Crippen molar-refractivity contribution in [3.63, 3.8) is 0 Å². The predicted molar refractivity (Wildman–Crippen MR) is 87.2 cm³/mol. The minimum absolute atomic E-state index is 0.310. The number of benzene rings is 2. The molecule has 0 saturated heterocycles. The van der Waals surface area contributed by atoms with Gasteiger partial charge in [0.15, 0.2) is 0 Å². The van der Waals surface area contributed by atoms with E-state index in [9.17, 15) is 4.79 Å². The van der Waals surface area contributed by atoms with Crippen LogP contribution in [0.3, 0.4) is 0 Å². The van der Waals surface area contributed by atoms with E-state index < -0.39 is 0 Å². The molecule has 0 fully saturated rings. The molecule has 2 rings (SSSR count). The number of halogens is 1. The Hall–Kier alpha value is -1.46. The van der Waals surface area contributed by atoms with Crippen LogP contribution in [0.2, 0.25) is 0 Å². The van der Waals surface area contributed by atoms with E-state index in [1.54, 1.807) is 20.1 Å². The molecule has 3 nitrogen and oxygen atoms in total. The minimum atomic E-state index is -0.310. The number of carbonyl (C=O) groups excluding carboxylic acids is 1. The summed E-state index contributed by atoms with van der Waals surface area (Å²) in [5.74, 6) is 0.496. The molecule has 2 aromatic carbocycles. The lowest BCUT2D eigenvalue weighted by molar-refractivity contribution is 0.0522. The Balaban J connectivity index is 2.27. The van der Waals surface area contributed by atoms with Crippen molar-refractivity contribution in [3.05, 3.63) is 52.5 Å². The highest BCUT2D eigenvalue weighted by Crippen LogP contribution is 2.33. The number of methoxy groups -OCH3 is 1. The van der Waals surface area contributed by atoms with E-state index in [0.717, 1.165) is 20.0 Å². The van der Waals surface area contributed by atoms with Gasteiger partial charge in [0.05, 0.1) is 19.3 Å². The normalized spacial score (nSPS) is 10.2. The van der Waals surface area contributed by atoms with Crippen molar-refractivity contribution in [1.29, 1.82) is 0 Å². The van der Waals surface area contributed by atoms with Gasteiger partial charge in [0.25, 0.3) is 0 Å². The molecule has 0 atom stereocenters. The quantitative estimate of drug-likeness (QED) is 0.712. The zero-order valence-corrected chi connectivity index (χ0v) is 14.2. The fraction of sp³-hybridized carbons (Fsp3) is 0.188. The van der Waals surface area contributed by atoms with E-state index in [2.05, 4.69) is 15.9 Å². The monoisotopic (exact) mass is 366 g/mol. The van der Waals surface area contributed by atoms with Gasteiger partial charge >= 0.3 is 5.97 Å². The van der Waals surface area contributed by atoms with E-state index >= 15 is 0 Å². The highest BCUT2D eigenvalue weighted by molar-refractivity contribution is 9.10. The van der Waals surface area contributed by atoms with Crippen molar-refractivity contribution in [2.45, 2.75) is 16.7 Å². The molecular formula is C16H15BrO3S. The minimum Gasteiger partial charge on any atom is -0.497 e. The first-order chi connectivity index (χ1) is 10.1. The highest BCUT2D eigenvalue weighted by Gasteiger charge is 2.14. The molecule has 2 aromatic rings. The summed E-state index contributed by atoms with van der Waals surface area (Å²) in [5, 5.41) is 0. The first-order valence-corrected chi connectivity index (χ1v) is 8.03. The molecule has 5 heteroatoms. The average Bonchev–Trinajstić information content (AvgIpc) is 2.50. The molecule has 21 heavy (non-hydrogen) atoms. The van der Waals surface area contributed by atoms with Crippen molar-refractivity contribution < 1.29 is 14.3 Å². The van der Waals surface area contributed by atoms with Gasteiger partial charge in [-0.05, 0) is 49.4 Å². The van der Waals surface area contributed by atoms with Gasteiger partial charge in [-0.25, -0.2) is 4.79 Å². The molecule has 0 N–H and O–H groups in total. The molecule has 0 aliphatic rings. The summed E-state index contributed by atoms with van der Waals surface area (Å²) in [7, 11) is 1.63. The maximum Gasteiger partial charge on any atom is 0.339 e. The Labute approximate surface area is 136 Å². The Morgan fingerprint density at radius 2 is 1.90 bits per heavy atom. The van der Waals surface area contributed by atoms with Crippen molar-refractivity contribution in [2.24, 2.45) is 0 Å². The molecule has 0 aromatic heterocycles. The standard InChI is InChI=1S/C16H15BrO3S/c1-3-20-16(18)14-10-11(17)4-9-15(14)21-13-7-5-12(19-2)6-8-13/h4-10H,3H2,1-2H3. The van der Waals surface area contributed by atoms with Crippen molar-refractivity contribution >= 4 is 33.7 Å².